The van der Waals surface area contributed by atoms with Crippen molar-refractivity contribution in [3.05, 3.63) is 26.7 Å². The van der Waals surface area contributed by atoms with Gasteiger partial charge in [0.2, 0.25) is 5.75 Å². The van der Waals surface area contributed by atoms with E-state index in [4.69, 9.17) is 10.5 Å². The molecule has 1 saturated carbocycles. The summed E-state index contributed by atoms with van der Waals surface area (Å²) in [7, 11) is 0. The third-order valence-electron chi connectivity index (χ3n) is 2.56. The van der Waals surface area contributed by atoms with Gasteiger partial charge in [-0.2, -0.15) is 0 Å². The Morgan fingerprint density at radius 1 is 1.59 bits per heavy atom. The zero-order valence-corrected chi connectivity index (χ0v) is 10.4. The van der Waals surface area contributed by atoms with E-state index in [0.29, 0.717) is 17.3 Å². The summed E-state index contributed by atoms with van der Waals surface area (Å²) >= 11 is 3.13. The fraction of sp³-hybridized carbons (Fsp3) is 0.400. The largest absolute Gasteiger partial charge is 0.483 e. The predicted octanol–water partition coefficient (Wildman–Crippen LogP) is 2.82. The summed E-state index contributed by atoms with van der Waals surface area (Å²) in [5.74, 6) is -0.0149. The number of alkyl halides is 1. The van der Waals surface area contributed by atoms with E-state index in [0.717, 1.165) is 0 Å². The number of nitrogens with two attached hydrogens (primary N) is 1. The van der Waals surface area contributed by atoms with Crippen molar-refractivity contribution >= 4 is 27.3 Å². The first-order chi connectivity index (χ1) is 7.93. The summed E-state index contributed by atoms with van der Waals surface area (Å²) in [5, 5.41) is 10.9. The molecule has 0 aliphatic heterocycles. The summed E-state index contributed by atoms with van der Waals surface area (Å²) in [6.07, 6.45) is 0.863. The average molecular weight is 305 g/mol. The predicted molar refractivity (Wildman–Crippen MR) is 63.8 cm³/mol. The molecule has 92 valence electrons. The number of nitrogens with zero attached hydrogens (tertiary/aromatic N) is 1. The normalized spacial score (nSPS) is 16.6. The van der Waals surface area contributed by atoms with Crippen molar-refractivity contribution in [3.63, 3.8) is 0 Å². The van der Waals surface area contributed by atoms with Crippen molar-refractivity contribution in [2.45, 2.75) is 18.5 Å². The minimum atomic E-state index is -1.34. The summed E-state index contributed by atoms with van der Waals surface area (Å²) in [6.45, 7) is -0.185. The zero-order valence-electron chi connectivity index (χ0n) is 8.78. The molecule has 0 aromatic heterocycles. The van der Waals surface area contributed by atoms with Crippen LogP contribution in [-0.2, 0) is 0 Å². The molecule has 1 aromatic rings. The van der Waals surface area contributed by atoms with Crippen molar-refractivity contribution < 1.29 is 14.1 Å². The number of ether oxygens (including phenoxy) is 1. The average Bonchev–Trinajstić information content (AvgIpc) is 2.97. The Kier molecular flexibility index (Phi) is 2.94. The molecule has 0 atom stereocenters. The summed E-state index contributed by atoms with van der Waals surface area (Å²) < 4.78 is 19.0. The third-order valence-corrected chi connectivity index (χ3v) is 3.19. The van der Waals surface area contributed by atoms with E-state index >= 15 is 0 Å². The van der Waals surface area contributed by atoms with Crippen LogP contribution in [0.1, 0.15) is 12.8 Å². The minimum Gasteiger partial charge on any atom is -0.483 e. The number of hydrogen-bond acceptors (Lipinski definition) is 4. The van der Waals surface area contributed by atoms with Crippen LogP contribution < -0.4 is 10.5 Å². The first-order valence-corrected chi connectivity index (χ1v) is 5.76. The molecule has 5 nitrogen and oxygen atoms in total. The molecule has 7 heteroatoms. The van der Waals surface area contributed by atoms with Crippen LogP contribution in [0.25, 0.3) is 0 Å². The lowest BCUT2D eigenvalue weighted by atomic mass is 10.2. The van der Waals surface area contributed by atoms with E-state index in [1.807, 2.05) is 0 Å². The van der Waals surface area contributed by atoms with Gasteiger partial charge in [-0.3, -0.25) is 10.1 Å². The Labute approximate surface area is 105 Å². The fourth-order valence-corrected chi connectivity index (χ4v) is 1.80. The van der Waals surface area contributed by atoms with Crippen molar-refractivity contribution in [2.75, 3.05) is 12.3 Å². The van der Waals surface area contributed by atoms with Crippen LogP contribution >= 0.6 is 15.9 Å². The van der Waals surface area contributed by atoms with Crippen molar-refractivity contribution in [1.82, 2.24) is 0 Å². The Balaban J connectivity index is 2.29. The maximum atomic E-state index is 13.4. The van der Waals surface area contributed by atoms with Crippen LogP contribution in [0.4, 0.5) is 15.8 Å². The number of rotatable bonds is 4. The van der Waals surface area contributed by atoms with Gasteiger partial charge in [0.15, 0.2) is 0 Å². The highest BCUT2D eigenvalue weighted by Gasteiger charge is 2.44. The standard InChI is InChI=1S/C10H10BrFN2O3/c11-6-1-2-7(13)8(14(15)16)9(6)17-5-10(12)3-4-10/h1-2H,3-5,13H2. The maximum absolute atomic E-state index is 13.4. The number of hydrogen-bond donors (Lipinski definition) is 1. The van der Waals surface area contributed by atoms with Gasteiger partial charge in [0.25, 0.3) is 0 Å². The van der Waals surface area contributed by atoms with E-state index in [1.165, 1.54) is 12.1 Å². The number of halogens is 2. The summed E-state index contributed by atoms with van der Waals surface area (Å²) in [4.78, 5) is 10.2. The molecular formula is C10H10BrFN2O3. The van der Waals surface area contributed by atoms with E-state index < -0.39 is 10.6 Å². The first-order valence-electron chi connectivity index (χ1n) is 4.97. The molecule has 0 saturated heterocycles. The summed E-state index contributed by atoms with van der Waals surface area (Å²) in [6, 6.07) is 2.94. The first kappa shape index (κ1) is 12.1. The van der Waals surface area contributed by atoms with E-state index in [2.05, 4.69) is 15.9 Å². The third kappa shape index (κ3) is 2.49. The lowest BCUT2D eigenvalue weighted by molar-refractivity contribution is -0.385. The van der Waals surface area contributed by atoms with Crippen molar-refractivity contribution in [2.24, 2.45) is 0 Å². The van der Waals surface area contributed by atoms with Gasteiger partial charge in [-0.05, 0) is 40.9 Å². The van der Waals surface area contributed by atoms with Crippen LogP contribution in [0.2, 0.25) is 0 Å². The monoisotopic (exact) mass is 304 g/mol. The molecule has 0 amide bonds. The molecule has 0 spiro atoms. The smallest absolute Gasteiger partial charge is 0.334 e. The lowest BCUT2D eigenvalue weighted by Crippen LogP contribution is -2.14. The second-order valence-corrected chi connectivity index (χ2v) is 4.87. The van der Waals surface area contributed by atoms with Crippen LogP contribution in [0.5, 0.6) is 5.75 Å². The Morgan fingerprint density at radius 2 is 2.24 bits per heavy atom. The molecule has 0 heterocycles. The molecule has 1 aliphatic carbocycles. The number of nitrogen functional groups attached to an aromatic ring is 1. The van der Waals surface area contributed by atoms with Crippen LogP contribution in [0.3, 0.4) is 0 Å². The van der Waals surface area contributed by atoms with Crippen LogP contribution in [0, 0.1) is 10.1 Å². The van der Waals surface area contributed by atoms with E-state index in [-0.39, 0.29) is 23.7 Å². The number of benzene rings is 1. The highest BCUT2D eigenvalue weighted by molar-refractivity contribution is 9.10. The van der Waals surface area contributed by atoms with Crippen molar-refractivity contribution in [1.29, 1.82) is 0 Å². The van der Waals surface area contributed by atoms with Gasteiger partial charge < -0.3 is 10.5 Å². The van der Waals surface area contributed by atoms with Gasteiger partial charge in [0, 0.05) is 0 Å². The molecule has 1 aromatic carbocycles. The number of nitro benzene ring substituents is 1. The van der Waals surface area contributed by atoms with Gasteiger partial charge in [-0.15, -0.1) is 0 Å². The summed E-state index contributed by atoms with van der Waals surface area (Å²) in [5.41, 5.74) is 3.84. The van der Waals surface area contributed by atoms with Gasteiger partial charge >= 0.3 is 5.69 Å². The van der Waals surface area contributed by atoms with Gasteiger partial charge in [-0.1, -0.05) is 0 Å². The molecular weight excluding hydrogens is 295 g/mol. The molecule has 1 aliphatic rings. The highest BCUT2D eigenvalue weighted by atomic mass is 79.9. The Morgan fingerprint density at radius 3 is 2.76 bits per heavy atom. The molecule has 1 fully saturated rings. The molecule has 17 heavy (non-hydrogen) atoms. The topological polar surface area (TPSA) is 78.4 Å². The van der Waals surface area contributed by atoms with Crippen LogP contribution in [-0.4, -0.2) is 17.2 Å². The minimum absolute atomic E-state index is 0.00287. The second kappa shape index (κ2) is 4.14. The molecule has 2 N–H and O–H groups in total. The highest BCUT2D eigenvalue weighted by Crippen LogP contribution is 2.43. The van der Waals surface area contributed by atoms with E-state index in [1.54, 1.807) is 0 Å². The number of nitro groups is 1. The Hall–Kier alpha value is -1.37. The molecule has 0 radical (unpaired) electrons. The Bertz CT molecular complexity index is 477. The van der Waals surface area contributed by atoms with Gasteiger partial charge in [0.1, 0.15) is 18.0 Å². The van der Waals surface area contributed by atoms with E-state index in [9.17, 15) is 14.5 Å². The quantitative estimate of drug-likeness (QED) is 0.527. The number of anilines is 1. The van der Waals surface area contributed by atoms with Crippen molar-refractivity contribution in [3.8, 4) is 5.75 Å². The SMILES string of the molecule is Nc1ccc(Br)c(OCC2(F)CC2)c1[N+](=O)[O-]. The molecule has 0 bridgehead atoms. The fourth-order valence-electron chi connectivity index (χ4n) is 1.37. The maximum Gasteiger partial charge on any atom is 0.334 e. The zero-order chi connectivity index (χ0) is 12.6. The van der Waals surface area contributed by atoms with Gasteiger partial charge in [0.05, 0.1) is 9.40 Å². The lowest BCUT2D eigenvalue weighted by Gasteiger charge is -2.11. The molecule has 2 rings (SSSR count). The molecule has 0 unspecified atom stereocenters. The van der Waals surface area contributed by atoms with Gasteiger partial charge in [-0.25, -0.2) is 4.39 Å². The second-order valence-electron chi connectivity index (χ2n) is 4.01. The van der Waals surface area contributed by atoms with Crippen LogP contribution in [0.15, 0.2) is 16.6 Å².